The Morgan fingerprint density at radius 3 is 2.81 bits per heavy atom. The minimum Gasteiger partial charge on any atom is -0.389 e. The van der Waals surface area contributed by atoms with E-state index in [0.717, 1.165) is 42.4 Å². The molecule has 0 saturated heterocycles. The fourth-order valence-electron chi connectivity index (χ4n) is 2.23. The highest BCUT2D eigenvalue weighted by molar-refractivity contribution is 5.66. The van der Waals surface area contributed by atoms with E-state index in [9.17, 15) is 9.50 Å². The molecule has 0 amide bonds. The molecule has 0 spiro atoms. The van der Waals surface area contributed by atoms with E-state index in [4.69, 9.17) is 0 Å². The van der Waals surface area contributed by atoms with Crippen molar-refractivity contribution in [1.82, 2.24) is 0 Å². The Bertz CT molecular complexity index is 389. The predicted molar refractivity (Wildman–Crippen MR) is 63.6 cm³/mol. The van der Waals surface area contributed by atoms with Gasteiger partial charge >= 0.3 is 0 Å². The third-order valence-electron chi connectivity index (χ3n) is 3.00. The normalized spacial score (nSPS) is 21.4. The summed E-state index contributed by atoms with van der Waals surface area (Å²) in [5, 5.41) is 9.69. The Morgan fingerprint density at radius 2 is 2.06 bits per heavy atom. The van der Waals surface area contributed by atoms with Gasteiger partial charge in [0.1, 0.15) is 5.82 Å². The van der Waals surface area contributed by atoms with Gasteiger partial charge in [0.2, 0.25) is 0 Å². The maximum Gasteiger partial charge on any atom is 0.124 e. The summed E-state index contributed by atoms with van der Waals surface area (Å²) in [6, 6.07) is 5.06. The fraction of sp³-hybridized carbons (Fsp3) is 0.429. The molecule has 0 bridgehead atoms. The standard InChI is InChI=1S/C14H17FO/c1-10-6-12(8-13(15)7-10)11-4-2-3-5-14(16)9-11/h6-9,14,16H,2-5H2,1H3. The molecule has 1 nitrogen and oxygen atoms in total. The lowest BCUT2D eigenvalue weighted by Gasteiger charge is -2.08. The van der Waals surface area contributed by atoms with E-state index in [0.29, 0.717) is 0 Å². The lowest BCUT2D eigenvalue weighted by atomic mass is 9.99. The molecule has 1 aromatic carbocycles. The van der Waals surface area contributed by atoms with Crippen molar-refractivity contribution in [2.75, 3.05) is 0 Å². The van der Waals surface area contributed by atoms with Crippen LogP contribution in [0.25, 0.3) is 5.57 Å². The third-order valence-corrected chi connectivity index (χ3v) is 3.00. The lowest BCUT2D eigenvalue weighted by molar-refractivity contribution is 0.211. The molecular weight excluding hydrogens is 203 g/mol. The Kier molecular flexibility index (Phi) is 3.39. The average Bonchev–Trinajstić information content (AvgIpc) is 2.41. The SMILES string of the molecule is Cc1cc(F)cc(C2=CC(O)CCCC2)c1. The number of hydrogen-bond donors (Lipinski definition) is 1. The van der Waals surface area contributed by atoms with Crippen LogP contribution in [0, 0.1) is 12.7 Å². The first kappa shape index (κ1) is 11.3. The molecule has 2 rings (SSSR count). The molecule has 0 saturated carbocycles. The smallest absolute Gasteiger partial charge is 0.124 e. The van der Waals surface area contributed by atoms with Crippen LogP contribution in [0.2, 0.25) is 0 Å². The van der Waals surface area contributed by atoms with Gasteiger partial charge in [0.25, 0.3) is 0 Å². The van der Waals surface area contributed by atoms with Crippen LogP contribution in [0.1, 0.15) is 36.8 Å². The average molecular weight is 220 g/mol. The number of halogens is 1. The molecule has 1 N–H and O–H groups in total. The number of hydrogen-bond acceptors (Lipinski definition) is 1. The van der Waals surface area contributed by atoms with E-state index in [2.05, 4.69) is 0 Å². The zero-order valence-corrected chi connectivity index (χ0v) is 9.54. The van der Waals surface area contributed by atoms with Gasteiger partial charge in [-0.25, -0.2) is 4.39 Å². The molecule has 0 aromatic heterocycles. The van der Waals surface area contributed by atoms with Crippen LogP contribution in [-0.4, -0.2) is 11.2 Å². The van der Waals surface area contributed by atoms with E-state index in [-0.39, 0.29) is 11.9 Å². The van der Waals surface area contributed by atoms with Gasteiger partial charge in [-0.15, -0.1) is 0 Å². The number of rotatable bonds is 1. The first-order valence-corrected chi connectivity index (χ1v) is 5.81. The molecule has 0 fully saturated rings. The summed E-state index contributed by atoms with van der Waals surface area (Å²) in [6.45, 7) is 1.89. The number of aliphatic hydroxyl groups excluding tert-OH is 1. The highest BCUT2D eigenvalue weighted by Crippen LogP contribution is 2.27. The summed E-state index contributed by atoms with van der Waals surface area (Å²) >= 11 is 0. The van der Waals surface area contributed by atoms with Crippen LogP contribution in [0.4, 0.5) is 4.39 Å². The monoisotopic (exact) mass is 220 g/mol. The van der Waals surface area contributed by atoms with Crippen molar-refractivity contribution >= 4 is 5.57 Å². The minimum atomic E-state index is -0.374. The fourth-order valence-corrected chi connectivity index (χ4v) is 2.23. The molecule has 0 heterocycles. The van der Waals surface area contributed by atoms with Crippen molar-refractivity contribution in [2.45, 2.75) is 38.7 Å². The van der Waals surface area contributed by atoms with Crippen molar-refractivity contribution in [3.63, 3.8) is 0 Å². The maximum atomic E-state index is 13.3. The van der Waals surface area contributed by atoms with Gasteiger partial charge in [0.05, 0.1) is 6.10 Å². The van der Waals surface area contributed by atoms with Crippen molar-refractivity contribution in [2.24, 2.45) is 0 Å². The van der Waals surface area contributed by atoms with Crippen molar-refractivity contribution in [1.29, 1.82) is 0 Å². The summed E-state index contributed by atoms with van der Waals surface area (Å²) in [6.07, 6.45) is 5.36. The summed E-state index contributed by atoms with van der Waals surface area (Å²) in [5.41, 5.74) is 2.92. The molecule has 1 aliphatic carbocycles. The van der Waals surface area contributed by atoms with Gasteiger partial charge in [0.15, 0.2) is 0 Å². The zero-order valence-electron chi connectivity index (χ0n) is 9.54. The van der Waals surface area contributed by atoms with Crippen LogP contribution in [0.3, 0.4) is 0 Å². The van der Waals surface area contributed by atoms with E-state index < -0.39 is 0 Å². The van der Waals surface area contributed by atoms with Crippen LogP contribution < -0.4 is 0 Å². The molecule has 0 aliphatic heterocycles. The maximum absolute atomic E-state index is 13.3. The topological polar surface area (TPSA) is 20.2 Å². The molecule has 2 heteroatoms. The largest absolute Gasteiger partial charge is 0.389 e. The van der Waals surface area contributed by atoms with Gasteiger partial charge in [-0.3, -0.25) is 0 Å². The quantitative estimate of drug-likeness (QED) is 0.768. The van der Waals surface area contributed by atoms with E-state index in [1.807, 2.05) is 19.1 Å². The molecule has 16 heavy (non-hydrogen) atoms. The summed E-state index contributed by atoms with van der Waals surface area (Å²) in [5.74, 6) is -0.199. The summed E-state index contributed by atoms with van der Waals surface area (Å²) < 4.78 is 13.3. The number of benzene rings is 1. The van der Waals surface area contributed by atoms with Crippen LogP contribution in [-0.2, 0) is 0 Å². The zero-order chi connectivity index (χ0) is 11.5. The van der Waals surface area contributed by atoms with Gasteiger partial charge < -0.3 is 5.11 Å². The lowest BCUT2D eigenvalue weighted by Crippen LogP contribution is -2.00. The molecular formula is C14H17FO. The van der Waals surface area contributed by atoms with Crippen LogP contribution in [0.15, 0.2) is 24.3 Å². The van der Waals surface area contributed by atoms with Crippen LogP contribution in [0.5, 0.6) is 0 Å². The van der Waals surface area contributed by atoms with Gasteiger partial charge in [-0.1, -0.05) is 18.6 Å². The number of allylic oxidation sites excluding steroid dienone is 1. The first-order valence-electron chi connectivity index (χ1n) is 5.81. The Balaban J connectivity index is 2.34. The summed E-state index contributed by atoms with van der Waals surface area (Å²) in [7, 11) is 0. The number of aryl methyl sites for hydroxylation is 1. The molecule has 86 valence electrons. The van der Waals surface area contributed by atoms with Crippen LogP contribution >= 0.6 is 0 Å². The van der Waals surface area contributed by atoms with Gasteiger partial charge in [0, 0.05) is 0 Å². The second-order valence-corrected chi connectivity index (χ2v) is 4.52. The molecule has 1 unspecified atom stereocenters. The Hall–Kier alpha value is -1.15. The van der Waals surface area contributed by atoms with Gasteiger partial charge in [-0.05, 0) is 55.0 Å². The highest BCUT2D eigenvalue weighted by atomic mass is 19.1. The minimum absolute atomic E-state index is 0.199. The van der Waals surface area contributed by atoms with Crippen molar-refractivity contribution < 1.29 is 9.50 Å². The van der Waals surface area contributed by atoms with Crippen molar-refractivity contribution in [3.05, 3.63) is 41.2 Å². The second kappa shape index (κ2) is 4.79. The molecule has 1 aliphatic rings. The third kappa shape index (κ3) is 2.70. The highest BCUT2D eigenvalue weighted by Gasteiger charge is 2.11. The Labute approximate surface area is 95.6 Å². The summed E-state index contributed by atoms with van der Waals surface area (Å²) in [4.78, 5) is 0. The van der Waals surface area contributed by atoms with E-state index >= 15 is 0 Å². The number of aliphatic hydroxyl groups is 1. The molecule has 1 atom stereocenters. The van der Waals surface area contributed by atoms with E-state index in [1.165, 1.54) is 6.07 Å². The second-order valence-electron chi connectivity index (χ2n) is 4.52. The molecule has 1 aromatic rings. The Morgan fingerprint density at radius 1 is 1.25 bits per heavy atom. The van der Waals surface area contributed by atoms with Gasteiger partial charge in [-0.2, -0.15) is 0 Å². The van der Waals surface area contributed by atoms with E-state index in [1.54, 1.807) is 6.07 Å². The van der Waals surface area contributed by atoms with Crippen molar-refractivity contribution in [3.8, 4) is 0 Å². The molecule has 0 radical (unpaired) electrons. The predicted octanol–water partition coefficient (Wildman–Crippen LogP) is 3.45. The first-order chi connectivity index (χ1) is 7.65.